The van der Waals surface area contributed by atoms with Crippen LogP contribution in [0.4, 0.5) is 4.39 Å². The first-order valence-electron chi connectivity index (χ1n) is 9.06. The molecule has 0 bridgehead atoms. The SMILES string of the molecule is C/C=C(/N=C\C(F)=C(\C)CC)OCc1ccc(OCc2ccccc2)cc1. The smallest absolute Gasteiger partial charge is 0.209 e. The zero-order valence-corrected chi connectivity index (χ0v) is 16.1. The van der Waals surface area contributed by atoms with Gasteiger partial charge in [0.2, 0.25) is 5.88 Å². The maximum Gasteiger partial charge on any atom is 0.209 e. The van der Waals surface area contributed by atoms with E-state index in [-0.39, 0.29) is 5.83 Å². The molecule has 0 aliphatic carbocycles. The van der Waals surface area contributed by atoms with Gasteiger partial charge in [0.15, 0.2) is 0 Å². The van der Waals surface area contributed by atoms with Gasteiger partial charge in [0.1, 0.15) is 24.8 Å². The van der Waals surface area contributed by atoms with E-state index in [1.54, 1.807) is 13.0 Å². The van der Waals surface area contributed by atoms with E-state index in [0.29, 0.717) is 31.1 Å². The van der Waals surface area contributed by atoms with E-state index >= 15 is 0 Å². The van der Waals surface area contributed by atoms with Crippen molar-refractivity contribution < 1.29 is 13.9 Å². The Morgan fingerprint density at radius 2 is 1.67 bits per heavy atom. The van der Waals surface area contributed by atoms with Crippen LogP contribution in [0.1, 0.15) is 38.3 Å². The molecule has 0 fully saturated rings. The second-order valence-corrected chi connectivity index (χ2v) is 6.07. The summed E-state index contributed by atoms with van der Waals surface area (Å²) in [5.41, 5.74) is 2.78. The molecular formula is C23H26FNO2. The van der Waals surface area contributed by atoms with Crippen molar-refractivity contribution in [2.75, 3.05) is 0 Å². The molecule has 2 aromatic carbocycles. The zero-order valence-electron chi connectivity index (χ0n) is 16.1. The van der Waals surface area contributed by atoms with Crippen molar-refractivity contribution in [2.45, 2.75) is 40.4 Å². The number of rotatable bonds is 9. The highest BCUT2D eigenvalue weighted by atomic mass is 19.1. The summed E-state index contributed by atoms with van der Waals surface area (Å²) in [6.07, 6.45) is 3.57. The van der Waals surface area contributed by atoms with Crippen LogP contribution >= 0.6 is 0 Å². The summed E-state index contributed by atoms with van der Waals surface area (Å²) in [5.74, 6) is 0.868. The van der Waals surface area contributed by atoms with Gasteiger partial charge in [-0.25, -0.2) is 9.38 Å². The molecule has 0 aliphatic rings. The highest BCUT2D eigenvalue weighted by Gasteiger charge is 2.01. The molecule has 0 saturated heterocycles. The van der Waals surface area contributed by atoms with Gasteiger partial charge >= 0.3 is 0 Å². The van der Waals surface area contributed by atoms with Crippen LogP contribution in [0, 0.1) is 0 Å². The van der Waals surface area contributed by atoms with Crippen LogP contribution in [-0.2, 0) is 18.0 Å². The fourth-order valence-corrected chi connectivity index (χ4v) is 2.17. The van der Waals surface area contributed by atoms with Gasteiger partial charge in [-0.1, -0.05) is 49.4 Å². The van der Waals surface area contributed by atoms with E-state index < -0.39 is 0 Å². The second-order valence-electron chi connectivity index (χ2n) is 6.07. The lowest BCUT2D eigenvalue weighted by Gasteiger charge is -2.09. The molecule has 3 nitrogen and oxygen atoms in total. The Morgan fingerprint density at radius 1 is 1.00 bits per heavy atom. The first-order valence-corrected chi connectivity index (χ1v) is 9.06. The predicted octanol–water partition coefficient (Wildman–Crippen LogP) is 6.37. The molecule has 0 radical (unpaired) electrons. The molecule has 0 spiro atoms. The van der Waals surface area contributed by atoms with Gasteiger partial charge in [-0.05, 0) is 55.2 Å². The van der Waals surface area contributed by atoms with Gasteiger partial charge in [0.25, 0.3) is 0 Å². The minimum Gasteiger partial charge on any atom is -0.489 e. The van der Waals surface area contributed by atoms with Crippen LogP contribution in [0.2, 0.25) is 0 Å². The first kappa shape index (κ1) is 20.4. The van der Waals surface area contributed by atoms with Crippen LogP contribution < -0.4 is 4.74 Å². The molecule has 2 aromatic rings. The van der Waals surface area contributed by atoms with Crippen molar-refractivity contribution in [3.05, 3.63) is 89.1 Å². The molecule has 0 amide bonds. The Hall–Kier alpha value is -2.88. The summed E-state index contributed by atoms with van der Waals surface area (Å²) in [6, 6.07) is 17.7. The fourth-order valence-electron chi connectivity index (χ4n) is 2.17. The highest BCUT2D eigenvalue weighted by molar-refractivity contribution is 5.77. The summed E-state index contributed by atoms with van der Waals surface area (Å²) in [5, 5.41) is 0. The zero-order chi connectivity index (χ0) is 19.5. The number of hydrogen-bond acceptors (Lipinski definition) is 3. The lowest BCUT2D eigenvalue weighted by Crippen LogP contribution is -1.96. The topological polar surface area (TPSA) is 30.8 Å². The number of nitrogens with zero attached hydrogens (tertiary/aromatic N) is 1. The van der Waals surface area contributed by atoms with E-state index in [2.05, 4.69) is 4.99 Å². The van der Waals surface area contributed by atoms with Crippen molar-refractivity contribution >= 4 is 6.21 Å². The van der Waals surface area contributed by atoms with Gasteiger partial charge in [0.05, 0.1) is 6.21 Å². The third kappa shape index (κ3) is 7.10. The summed E-state index contributed by atoms with van der Waals surface area (Å²) < 4.78 is 25.1. The maximum absolute atomic E-state index is 13.7. The van der Waals surface area contributed by atoms with Gasteiger partial charge < -0.3 is 9.47 Å². The molecule has 0 saturated carbocycles. The standard InChI is InChI=1S/C23H26FNO2/c1-4-18(3)22(24)15-25-23(5-2)27-17-20-11-13-21(14-12-20)26-16-19-9-7-6-8-10-19/h5-15H,4,16-17H2,1-3H3/b22-18+,23-5-,25-15-. The summed E-state index contributed by atoms with van der Waals surface area (Å²) in [7, 11) is 0. The third-order valence-corrected chi connectivity index (χ3v) is 4.05. The number of halogens is 1. The van der Waals surface area contributed by atoms with E-state index in [0.717, 1.165) is 16.9 Å². The van der Waals surface area contributed by atoms with Crippen LogP contribution in [0.15, 0.2) is 82.9 Å². The Labute approximate surface area is 160 Å². The molecule has 27 heavy (non-hydrogen) atoms. The number of allylic oxidation sites excluding steroid dienone is 3. The highest BCUT2D eigenvalue weighted by Crippen LogP contribution is 2.16. The van der Waals surface area contributed by atoms with E-state index in [9.17, 15) is 4.39 Å². The Morgan fingerprint density at radius 3 is 2.30 bits per heavy atom. The van der Waals surface area contributed by atoms with Gasteiger partial charge in [-0.3, -0.25) is 0 Å². The minimum atomic E-state index is -0.319. The van der Waals surface area contributed by atoms with Crippen LogP contribution in [-0.4, -0.2) is 6.21 Å². The quantitative estimate of drug-likeness (QED) is 0.381. The van der Waals surface area contributed by atoms with Crippen LogP contribution in [0.5, 0.6) is 5.75 Å². The Balaban J connectivity index is 1.85. The second kappa shape index (κ2) is 11.0. The van der Waals surface area contributed by atoms with Crippen molar-refractivity contribution in [1.82, 2.24) is 0 Å². The molecule has 0 heterocycles. The van der Waals surface area contributed by atoms with Crippen LogP contribution in [0.3, 0.4) is 0 Å². The molecule has 0 aromatic heterocycles. The van der Waals surface area contributed by atoms with E-state index in [1.807, 2.05) is 68.4 Å². The molecular weight excluding hydrogens is 341 g/mol. The lowest BCUT2D eigenvalue weighted by atomic mass is 10.2. The average Bonchev–Trinajstić information content (AvgIpc) is 2.73. The van der Waals surface area contributed by atoms with Crippen molar-refractivity contribution in [3.8, 4) is 5.75 Å². The monoisotopic (exact) mass is 367 g/mol. The molecule has 0 unspecified atom stereocenters. The summed E-state index contributed by atoms with van der Waals surface area (Å²) in [4.78, 5) is 4.06. The molecule has 0 N–H and O–H groups in total. The molecule has 0 aliphatic heterocycles. The number of hydrogen-bond donors (Lipinski definition) is 0. The summed E-state index contributed by atoms with van der Waals surface area (Å²) in [6.45, 7) is 6.35. The van der Waals surface area contributed by atoms with Crippen molar-refractivity contribution in [3.63, 3.8) is 0 Å². The molecule has 4 heteroatoms. The van der Waals surface area contributed by atoms with Gasteiger partial charge in [-0.2, -0.15) is 0 Å². The van der Waals surface area contributed by atoms with Crippen molar-refractivity contribution in [1.29, 1.82) is 0 Å². The third-order valence-electron chi connectivity index (χ3n) is 4.05. The van der Waals surface area contributed by atoms with E-state index in [4.69, 9.17) is 9.47 Å². The number of aliphatic imine (C=N–C) groups is 1. The normalized spacial score (nSPS) is 12.8. The number of ether oxygens (including phenoxy) is 2. The summed E-state index contributed by atoms with van der Waals surface area (Å²) >= 11 is 0. The molecule has 2 rings (SSSR count). The van der Waals surface area contributed by atoms with Gasteiger partial charge in [0, 0.05) is 0 Å². The minimum absolute atomic E-state index is 0.319. The fraction of sp³-hybridized carbons (Fsp3) is 0.261. The van der Waals surface area contributed by atoms with E-state index in [1.165, 1.54) is 6.21 Å². The lowest BCUT2D eigenvalue weighted by molar-refractivity contribution is 0.196. The molecule has 0 atom stereocenters. The Bertz CT molecular complexity index is 793. The number of benzene rings is 2. The Kier molecular flexibility index (Phi) is 8.30. The molecule has 142 valence electrons. The van der Waals surface area contributed by atoms with Crippen LogP contribution in [0.25, 0.3) is 0 Å². The van der Waals surface area contributed by atoms with Crippen molar-refractivity contribution in [2.24, 2.45) is 4.99 Å². The largest absolute Gasteiger partial charge is 0.489 e. The maximum atomic E-state index is 13.7. The predicted molar refractivity (Wildman–Crippen MR) is 108 cm³/mol. The van der Waals surface area contributed by atoms with Gasteiger partial charge in [-0.15, -0.1) is 0 Å². The first-order chi connectivity index (χ1) is 13.1. The average molecular weight is 367 g/mol.